The Hall–Kier alpha value is -3.32. The second-order valence-electron chi connectivity index (χ2n) is 6.73. The van der Waals surface area contributed by atoms with E-state index in [1.807, 2.05) is 49.4 Å². The van der Waals surface area contributed by atoms with Crippen LogP contribution in [0.15, 0.2) is 70.2 Å². The van der Waals surface area contributed by atoms with Crippen LogP contribution in [-0.4, -0.2) is 26.3 Å². The highest BCUT2D eigenvalue weighted by Gasteiger charge is 2.10. The number of methoxy groups -OCH3 is 2. The number of amides is 1. The number of nitrogens with zero attached hydrogens (tertiary/aromatic N) is 1. The van der Waals surface area contributed by atoms with Crippen LogP contribution in [0, 0.1) is 6.92 Å². The maximum Gasteiger partial charge on any atom is 0.271 e. The Morgan fingerprint density at radius 3 is 2.39 bits per heavy atom. The number of rotatable bonds is 8. The molecular formula is C24H23BrN2O4. The molecule has 0 radical (unpaired) electrons. The molecule has 31 heavy (non-hydrogen) atoms. The number of halogens is 1. The number of hydrazone groups is 1. The molecule has 1 N–H and O–H groups in total. The van der Waals surface area contributed by atoms with Crippen LogP contribution in [0.3, 0.4) is 0 Å². The third-order valence-corrected chi connectivity index (χ3v) is 5.00. The predicted octanol–water partition coefficient (Wildman–Crippen LogP) is 5.12. The Balaban J connectivity index is 1.69. The van der Waals surface area contributed by atoms with E-state index in [4.69, 9.17) is 14.2 Å². The van der Waals surface area contributed by atoms with Gasteiger partial charge in [0.2, 0.25) is 0 Å². The first-order valence-corrected chi connectivity index (χ1v) is 10.3. The molecule has 0 aliphatic carbocycles. The van der Waals surface area contributed by atoms with Crippen molar-refractivity contribution in [2.24, 2.45) is 5.10 Å². The summed E-state index contributed by atoms with van der Waals surface area (Å²) < 4.78 is 17.3. The van der Waals surface area contributed by atoms with E-state index in [0.717, 1.165) is 15.6 Å². The molecule has 0 saturated heterocycles. The molecule has 3 aromatic carbocycles. The lowest BCUT2D eigenvalue weighted by Gasteiger charge is -2.10. The van der Waals surface area contributed by atoms with Crippen LogP contribution in [0.5, 0.6) is 17.2 Å². The normalized spacial score (nSPS) is 10.7. The molecule has 1 amide bonds. The fourth-order valence-corrected chi connectivity index (χ4v) is 3.18. The van der Waals surface area contributed by atoms with Crippen LogP contribution in [0.4, 0.5) is 0 Å². The third kappa shape index (κ3) is 6.08. The van der Waals surface area contributed by atoms with Gasteiger partial charge in [0.15, 0.2) is 11.5 Å². The van der Waals surface area contributed by atoms with Crippen molar-refractivity contribution < 1.29 is 19.0 Å². The molecule has 3 rings (SSSR count). The Morgan fingerprint density at radius 2 is 1.68 bits per heavy atom. The maximum absolute atomic E-state index is 12.4. The van der Waals surface area contributed by atoms with E-state index in [2.05, 4.69) is 26.5 Å². The highest BCUT2D eigenvalue weighted by molar-refractivity contribution is 9.10. The van der Waals surface area contributed by atoms with E-state index < -0.39 is 0 Å². The minimum absolute atomic E-state index is 0.366. The summed E-state index contributed by atoms with van der Waals surface area (Å²) in [7, 11) is 3.06. The molecule has 6 nitrogen and oxygen atoms in total. The van der Waals surface area contributed by atoms with Gasteiger partial charge in [-0.25, -0.2) is 5.43 Å². The van der Waals surface area contributed by atoms with E-state index in [1.54, 1.807) is 31.5 Å². The fraction of sp³-hybridized carbons (Fsp3) is 0.167. The summed E-state index contributed by atoms with van der Waals surface area (Å²) in [5.74, 6) is 1.31. The standard InChI is InChI=1S/C24H23BrN2O4/c1-16-4-6-17(7-5-16)15-31-21-11-9-20(25)12-19(21)14-26-27-24(28)18-8-10-22(29-2)23(13-18)30-3/h4-14H,15H2,1-3H3,(H,27,28)/b26-14+. The third-order valence-electron chi connectivity index (χ3n) is 4.50. The summed E-state index contributed by atoms with van der Waals surface area (Å²) in [6.45, 7) is 2.48. The lowest BCUT2D eigenvalue weighted by atomic mass is 10.1. The predicted molar refractivity (Wildman–Crippen MR) is 124 cm³/mol. The van der Waals surface area contributed by atoms with Gasteiger partial charge in [0.1, 0.15) is 12.4 Å². The summed E-state index contributed by atoms with van der Waals surface area (Å²) in [6.07, 6.45) is 1.55. The van der Waals surface area contributed by atoms with Gasteiger partial charge in [0, 0.05) is 15.6 Å². The molecule has 0 heterocycles. The van der Waals surface area contributed by atoms with Crippen molar-refractivity contribution in [1.29, 1.82) is 0 Å². The van der Waals surface area contributed by atoms with Gasteiger partial charge in [0.05, 0.1) is 20.4 Å². The van der Waals surface area contributed by atoms with E-state index in [9.17, 15) is 4.79 Å². The Labute approximate surface area is 190 Å². The second-order valence-corrected chi connectivity index (χ2v) is 7.64. The number of carbonyl (C=O) groups is 1. The van der Waals surface area contributed by atoms with Gasteiger partial charge in [-0.15, -0.1) is 0 Å². The lowest BCUT2D eigenvalue weighted by molar-refractivity contribution is 0.0954. The van der Waals surface area contributed by atoms with Gasteiger partial charge in [-0.1, -0.05) is 45.8 Å². The zero-order valence-corrected chi connectivity index (χ0v) is 19.1. The van der Waals surface area contributed by atoms with Gasteiger partial charge < -0.3 is 14.2 Å². The van der Waals surface area contributed by atoms with Crippen molar-refractivity contribution in [3.8, 4) is 17.2 Å². The molecule has 0 fully saturated rings. The molecule has 0 unspecified atom stereocenters. The molecule has 3 aromatic rings. The lowest BCUT2D eigenvalue weighted by Crippen LogP contribution is -2.17. The molecule has 0 aliphatic rings. The Bertz CT molecular complexity index is 1080. The number of hydrogen-bond donors (Lipinski definition) is 1. The van der Waals surface area contributed by atoms with Crippen LogP contribution in [0.25, 0.3) is 0 Å². The first-order chi connectivity index (χ1) is 15.0. The van der Waals surface area contributed by atoms with E-state index in [1.165, 1.54) is 12.7 Å². The van der Waals surface area contributed by atoms with Gasteiger partial charge in [-0.05, 0) is 48.9 Å². The minimum atomic E-state index is -0.366. The van der Waals surface area contributed by atoms with E-state index in [-0.39, 0.29) is 5.91 Å². The number of nitrogens with one attached hydrogen (secondary N) is 1. The van der Waals surface area contributed by atoms with E-state index >= 15 is 0 Å². The fourth-order valence-electron chi connectivity index (χ4n) is 2.80. The number of ether oxygens (including phenoxy) is 3. The van der Waals surface area contributed by atoms with Crippen molar-refractivity contribution in [3.05, 3.63) is 87.4 Å². The number of carbonyl (C=O) groups excluding carboxylic acids is 1. The molecule has 0 spiro atoms. The largest absolute Gasteiger partial charge is 0.493 e. The Morgan fingerprint density at radius 1 is 0.968 bits per heavy atom. The molecule has 0 bridgehead atoms. The van der Waals surface area contributed by atoms with Gasteiger partial charge in [-0.3, -0.25) is 4.79 Å². The number of aryl methyl sites for hydroxylation is 1. The van der Waals surface area contributed by atoms with Crippen LogP contribution in [0.1, 0.15) is 27.0 Å². The first kappa shape index (κ1) is 22.4. The first-order valence-electron chi connectivity index (χ1n) is 9.53. The average Bonchev–Trinajstić information content (AvgIpc) is 2.79. The molecule has 7 heteroatoms. The summed E-state index contributed by atoms with van der Waals surface area (Å²) >= 11 is 3.46. The topological polar surface area (TPSA) is 69.2 Å². The maximum atomic E-state index is 12.4. The zero-order chi connectivity index (χ0) is 22.2. The summed E-state index contributed by atoms with van der Waals surface area (Å²) in [5.41, 5.74) is 5.93. The van der Waals surface area contributed by atoms with Crippen molar-refractivity contribution in [1.82, 2.24) is 5.43 Å². The molecule has 0 saturated carbocycles. The Kier molecular flexibility index (Phi) is 7.67. The second kappa shape index (κ2) is 10.6. The average molecular weight is 483 g/mol. The molecule has 0 aromatic heterocycles. The van der Waals surface area contributed by atoms with Crippen LogP contribution >= 0.6 is 15.9 Å². The molecule has 0 atom stereocenters. The van der Waals surface area contributed by atoms with Gasteiger partial charge in [-0.2, -0.15) is 5.10 Å². The molecule has 160 valence electrons. The summed E-state index contributed by atoms with van der Waals surface area (Å²) in [6, 6.07) is 18.7. The van der Waals surface area contributed by atoms with Crippen LogP contribution in [0.2, 0.25) is 0 Å². The highest BCUT2D eigenvalue weighted by atomic mass is 79.9. The number of benzene rings is 3. The van der Waals surface area contributed by atoms with Crippen molar-refractivity contribution in [2.75, 3.05) is 14.2 Å². The van der Waals surface area contributed by atoms with Gasteiger partial charge in [0.25, 0.3) is 5.91 Å². The zero-order valence-electron chi connectivity index (χ0n) is 17.5. The van der Waals surface area contributed by atoms with Crippen LogP contribution < -0.4 is 19.6 Å². The van der Waals surface area contributed by atoms with E-state index in [0.29, 0.717) is 29.4 Å². The quantitative estimate of drug-likeness (QED) is 0.357. The SMILES string of the molecule is COc1ccc(C(=O)N/N=C/c2cc(Br)ccc2OCc2ccc(C)cc2)cc1OC. The monoisotopic (exact) mass is 482 g/mol. The number of hydrogen-bond acceptors (Lipinski definition) is 5. The highest BCUT2D eigenvalue weighted by Crippen LogP contribution is 2.27. The minimum Gasteiger partial charge on any atom is -0.493 e. The molecule has 0 aliphatic heterocycles. The summed E-state index contributed by atoms with van der Waals surface area (Å²) in [4.78, 5) is 12.4. The summed E-state index contributed by atoms with van der Waals surface area (Å²) in [5, 5.41) is 4.09. The van der Waals surface area contributed by atoms with Crippen LogP contribution in [-0.2, 0) is 6.61 Å². The van der Waals surface area contributed by atoms with Crippen molar-refractivity contribution in [2.45, 2.75) is 13.5 Å². The van der Waals surface area contributed by atoms with Crippen molar-refractivity contribution >= 4 is 28.1 Å². The smallest absolute Gasteiger partial charge is 0.271 e. The van der Waals surface area contributed by atoms with Crippen molar-refractivity contribution in [3.63, 3.8) is 0 Å². The molecular weight excluding hydrogens is 460 g/mol. The van der Waals surface area contributed by atoms with Gasteiger partial charge >= 0.3 is 0 Å².